The van der Waals surface area contributed by atoms with Crippen LogP contribution in [0.25, 0.3) is 0 Å². The lowest BCUT2D eigenvalue weighted by atomic mass is 9.99. The van der Waals surface area contributed by atoms with E-state index in [1.807, 2.05) is 6.08 Å². The number of unbranched alkanes of at least 4 members (excludes halogenated alkanes) is 25. The molecule has 0 spiro atoms. The van der Waals surface area contributed by atoms with Gasteiger partial charge >= 0.3 is 0 Å². The van der Waals surface area contributed by atoms with Crippen molar-refractivity contribution in [3.63, 3.8) is 0 Å². The number of ether oxygens (including phenoxy) is 2. The first-order valence-electron chi connectivity index (χ1n) is 28.3. The summed E-state index contributed by atoms with van der Waals surface area (Å²) in [5.74, 6) is -0.189. The Bertz CT molecular complexity index is 1350. The molecule has 0 saturated carbocycles. The maximum atomic E-state index is 13.0. The van der Waals surface area contributed by atoms with Gasteiger partial charge < -0.3 is 40.3 Å². The third-order valence-corrected chi connectivity index (χ3v) is 13.0. The van der Waals surface area contributed by atoms with Crippen molar-refractivity contribution in [3.8, 4) is 0 Å². The maximum Gasteiger partial charge on any atom is 0.220 e. The minimum atomic E-state index is -1.57. The smallest absolute Gasteiger partial charge is 0.220 e. The minimum absolute atomic E-state index is 0.189. The second kappa shape index (κ2) is 49.0. The number of carbonyl (C=O) groups excluding carboxylic acids is 1. The molecule has 1 fully saturated rings. The highest BCUT2D eigenvalue weighted by Gasteiger charge is 2.44. The third-order valence-electron chi connectivity index (χ3n) is 13.0. The van der Waals surface area contributed by atoms with Crippen molar-refractivity contribution >= 4 is 5.91 Å². The summed E-state index contributed by atoms with van der Waals surface area (Å²) in [7, 11) is 0. The predicted molar refractivity (Wildman–Crippen MR) is 290 cm³/mol. The van der Waals surface area contributed by atoms with Crippen molar-refractivity contribution in [1.82, 2.24) is 5.32 Å². The number of aliphatic hydroxyl groups is 5. The summed E-state index contributed by atoms with van der Waals surface area (Å²) in [5.41, 5.74) is 0. The number of allylic oxidation sites excluding steroid dienone is 13. The predicted octanol–water partition coefficient (Wildman–Crippen LogP) is 13.8. The third kappa shape index (κ3) is 38.7. The minimum Gasteiger partial charge on any atom is -0.394 e. The van der Waals surface area contributed by atoms with Gasteiger partial charge in [-0.15, -0.1) is 0 Å². The summed E-state index contributed by atoms with van der Waals surface area (Å²) in [4.78, 5) is 13.0. The summed E-state index contributed by atoms with van der Waals surface area (Å²) in [5, 5.41) is 54.3. The molecule has 7 atom stereocenters. The number of nitrogens with one attached hydrogen (secondary N) is 1. The number of hydrogen-bond acceptors (Lipinski definition) is 8. The zero-order chi connectivity index (χ0) is 50.1. The molecule has 398 valence electrons. The van der Waals surface area contributed by atoms with Crippen LogP contribution in [0.2, 0.25) is 0 Å². The Morgan fingerprint density at radius 2 is 0.913 bits per heavy atom. The molecule has 7 unspecified atom stereocenters. The summed E-state index contributed by atoms with van der Waals surface area (Å²) >= 11 is 0. The molecule has 9 nitrogen and oxygen atoms in total. The highest BCUT2D eigenvalue weighted by molar-refractivity contribution is 5.76. The molecule has 0 aliphatic carbocycles. The Morgan fingerprint density at radius 1 is 0.507 bits per heavy atom. The topological polar surface area (TPSA) is 149 Å². The van der Waals surface area contributed by atoms with Crippen LogP contribution in [-0.2, 0) is 14.3 Å². The van der Waals surface area contributed by atoms with Crippen LogP contribution in [0.5, 0.6) is 0 Å². The SMILES string of the molecule is CC/C=C\C/C=C\C/C=C\C/C=C\C/C=C\CCCCCCCCCCCCCCCCCCCC(=O)NC(COC1OC(CO)C(O)C(O)C1O)C(O)/C=C/CC/C=C/CCCCCCCCC. The molecule has 9 heteroatoms. The van der Waals surface area contributed by atoms with Gasteiger partial charge in [-0.1, -0.05) is 234 Å². The van der Waals surface area contributed by atoms with E-state index in [0.717, 1.165) is 70.6 Å². The van der Waals surface area contributed by atoms with Gasteiger partial charge in [0.2, 0.25) is 5.91 Å². The van der Waals surface area contributed by atoms with Crippen molar-refractivity contribution in [1.29, 1.82) is 0 Å². The molecule has 6 N–H and O–H groups in total. The van der Waals surface area contributed by atoms with Gasteiger partial charge in [-0.2, -0.15) is 0 Å². The molecule has 1 rings (SSSR count). The van der Waals surface area contributed by atoms with Crippen molar-refractivity contribution in [2.24, 2.45) is 0 Å². The zero-order valence-corrected chi connectivity index (χ0v) is 44.0. The van der Waals surface area contributed by atoms with Gasteiger partial charge in [0, 0.05) is 6.42 Å². The molecule has 0 radical (unpaired) electrons. The van der Waals surface area contributed by atoms with Crippen LogP contribution in [0, 0.1) is 0 Å². The van der Waals surface area contributed by atoms with Gasteiger partial charge in [0.15, 0.2) is 6.29 Å². The highest BCUT2D eigenvalue weighted by atomic mass is 16.7. The molecular formula is C60H105NO8. The fourth-order valence-corrected chi connectivity index (χ4v) is 8.49. The summed E-state index contributed by atoms with van der Waals surface area (Å²) < 4.78 is 11.2. The molecule has 1 aliphatic heterocycles. The van der Waals surface area contributed by atoms with Crippen LogP contribution >= 0.6 is 0 Å². The van der Waals surface area contributed by atoms with Crippen LogP contribution in [0.15, 0.2) is 85.1 Å². The van der Waals surface area contributed by atoms with Gasteiger partial charge in [-0.05, 0) is 77.0 Å². The van der Waals surface area contributed by atoms with Gasteiger partial charge in [0.05, 0.1) is 25.4 Å². The van der Waals surface area contributed by atoms with Gasteiger partial charge in [-0.3, -0.25) is 4.79 Å². The number of amides is 1. The molecule has 0 aromatic carbocycles. The van der Waals surface area contributed by atoms with E-state index in [2.05, 4.69) is 92.1 Å². The Labute approximate surface area is 422 Å². The fraction of sp³-hybridized carbons (Fsp3) is 0.750. The summed E-state index contributed by atoms with van der Waals surface area (Å²) in [6.45, 7) is 3.63. The first-order chi connectivity index (χ1) is 33.8. The average Bonchev–Trinajstić information content (AvgIpc) is 3.35. The Balaban J connectivity index is 2.14. The molecule has 0 bridgehead atoms. The van der Waals surface area contributed by atoms with E-state index in [4.69, 9.17) is 9.47 Å². The standard InChI is InChI=1S/C60H105NO8/c1-3-5-7-9-11-13-15-17-18-19-20-21-22-23-24-25-26-27-28-29-30-31-32-33-34-35-36-38-40-42-44-46-48-50-56(64)61-53(52-68-60-59(67)58(66)57(65)55(51-62)69-60)54(63)49-47-45-43-41-39-37-16-14-12-10-8-6-4-2/h5,7,11,13,17-18,20-21,23-24,39,41,47,49,53-55,57-60,62-63,65-67H,3-4,6,8-10,12,14-16,19,22,25-38,40,42-46,48,50-52H2,1-2H3,(H,61,64)/b7-5-,13-11-,18-17-,21-20-,24-23-,41-39+,49-47+. The van der Waals surface area contributed by atoms with Crippen LogP contribution in [0.4, 0.5) is 0 Å². The monoisotopic (exact) mass is 968 g/mol. The van der Waals surface area contributed by atoms with E-state index in [1.165, 1.54) is 141 Å². The first-order valence-corrected chi connectivity index (χ1v) is 28.3. The Kier molecular flexibility index (Phi) is 45.7. The van der Waals surface area contributed by atoms with E-state index in [0.29, 0.717) is 6.42 Å². The van der Waals surface area contributed by atoms with E-state index < -0.39 is 49.5 Å². The van der Waals surface area contributed by atoms with Crippen molar-refractivity contribution in [2.45, 2.75) is 275 Å². The molecule has 0 aromatic rings. The normalized spacial score (nSPS) is 20.1. The lowest BCUT2D eigenvalue weighted by Crippen LogP contribution is -2.60. The van der Waals surface area contributed by atoms with E-state index in [1.54, 1.807) is 6.08 Å². The highest BCUT2D eigenvalue weighted by Crippen LogP contribution is 2.23. The number of aliphatic hydroxyl groups excluding tert-OH is 5. The molecule has 1 heterocycles. The zero-order valence-electron chi connectivity index (χ0n) is 44.0. The van der Waals surface area contributed by atoms with Crippen molar-refractivity contribution in [2.75, 3.05) is 13.2 Å². The van der Waals surface area contributed by atoms with E-state index >= 15 is 0 Å². The molecule has 69 heavy (non-hydrogen) atoms. The van der Waals surface area contributed by atoms with E-state index in [-0.39, 0.29) is 12.5 Å². The maximum absolute atomic E-state index is 13.0. The second-order valence-corrected chi connectivity index (χ2v) is 19.3. The average molecular weight is 968 g/mol. The Hall–Kier alpha value is -2.63. The van der Waals surface area contributed by atoms with Crippen LogP contribution in [-0.4, -0.2) is 87.5 Å². The van der Waals surface area contributed by atoms with Crippen LogP contribution in [0.1, 0.15) is 232 Å². The van der Waals surface area contributed by atoms with Crippen molar-refractivity contribution in [3.05, 3.63) is 85.1 Å². The summed E-state index contributed by atoms with van der Waals surface area (Å²) in [6.07, 6.45) is 62.3. The quantitative estimate of drug-likeness (QED) is 0.0261. The van der Waals surface area contributed by atoms with Gasteiger partial charge in [-0.25, -0.2) is 0 Å². The summed E-state index contributed by atoms with van der Waals surface area (Å²) in [6, 6.07) is -0.824. The van der Waals surface area contributed by atoms with Crippen LogP contribution in [0.3, 0.4) is 0 Å². The Morgan fingerprint density at radius 3 is 1.39 bits per heavy atom. The number of carbonyl (C=O) groups is 1. The van der Waals surface area contributed by atoms with Gasteiger partial charge in [0.25, 0.3) is 0 Å². The lowest BCUT2D eigenvalue weighted by molar-refractivity contribution is -0.302. The molecule has 1 amide bonds. The van der Waals surface area contributed by atoms with E-state index in [9.17, 15) is 30.3 Å². The first kappa shape index (κ1) is 64.4. The van der Waals surface area contributed by atoms with Gasteiger partial charge in [0.1, 0.15) is 24.4 Å². The van der Waals surface area contributed by atoms with Crippen LogP contribution < -0.4 is 5.32 Å². The number of hydrogen-bond donors (Lipinski definition) is 6. The fourth-order valence-electron chi connectivity index (χ4n) is 8.49. The number of rotatable bonds is 47. The van der Waals surface area contributed by atoms with Crippen molar-refractivity contribution < 1.29 is 39.8 Å². The second-order valence-electron chi connectivity index (χ2n) is 19.3. The largest absolute Gasteiger partial charge is 0.394 e. The lowest BCUT2D eigenvalue weighted by Gasteiger charge is -2.40. The molecule has 0 aromatic heterocycles. The molecule has 1 aliphatic rings. The molecular weight excluding hydrogens is 863 g/mol. The molecule has 1 saturated heterocycles.